The van der Waals surface area contributed by atoms with Crippen LogP contribution in [0.2, 0.25) is 0 Å². The van der Waals surface area contributed by atoms with Gasteiger partial charge in [0.25, 0.3) is 0 Å². The molecule has 3 aliphatic rings. The number of ketones is 2. The quantitative estimate of drug-likeness (QED) is 0.0800. The van der Waals surface area contributed by atoms with Gasteiger partial charge in [-0.1, -0.05) is 200 Å². The average Bonchev–Trinajstić information content (AvgIpc) is 3.41. The van der Waals surface area contributed by atoms with Gasteiger partial charge in [-0.25, -0.2) is 0 Å². The van der Waals surface area contributed by atoms with E-state index in [0.29, 0.717) is 22.3 Å². The molecule has 0 spiro atoms. The normalized spacial score (nSPS) is 17.4. The van der Waals surface area contributed by atoms with Crippen LogP contribution in [0, 0.1) is 10.5 Å². The predicted molar refractivity (Wildman–Crippen MR) is 275 cm³/mol. The predicted octanol–water partition coefficient (Wildman–Crippen LogP) is 10.4. The van der Waals surface area contributed by atoms with Gasteiger partial charge in [-0.05, 0) is 89.7 Å². The van der Waals surface area contributed by atoms with Crippen molar-refractivity contribution in [1.82, 2.24) is 10.6 Å². The molecule has 0 radical (unpaired) electrons. The molecule has 8 heteroatoms. The Labute approximate surface area is 409 Å². The maximum atomic E-state index is 15.0. The van der Waals surface area contributed by atoms with Gasteiger partial charge in [-0.2, -0.15) is 4.91 Å². The SMILES string of the molecule is N=O.O=C1C(c2c(-c3ccccc3)ccc3ccccc23)=c2ccccc2=C/C1=C/N[C@@H]1CCCC[C@H]1N/C=C1/C=c2ccccc2=C(c2c(-c3ccccc3)ccc3ccccc23)C1=O.[Cl][Ru]. The van der Waals surface area contributed by atoms with Crippen LogP contribution in [-0.2, 0) is 26.9 Å². The summed E-state index contributed by atoms with van der Waals surface area (Å²) in [6.07, 6.45) is 11.9. The number of halogens is 1. The summed E-state index contributed by atoms with van der Waals surface area (Å²) in [6, 6.07) is 62.6. The average molecular weight is 995 g/mol. The van der Waals surface area contributed by atoms with E-state index in [-0.39, 0.29) is 23.7 Å². The van der Waals surface area contributed by atoms with Gasteiger partial charge in [0.2, 0.25) is 0 Å². The van der Waals surface area contributed by atoms with E-state index >= 15 is 9.59 Å². The summed E-state index contributed by atoms with van der Waals surface area (Å²) < 4.78 is 0. The van der Waals surface area contributed by atoms with Crippen molar-refractivity contribution in [1.29, 1.82) is 5.59 Å². The van der Waals surface area contributed by atoms with E-state index in [9.17, 15) is 0 Å². The maximum absolute atomic E-state index is 15.0. The molecule has 3 N–H and O–H groups in total. The van der Waals surface area contributed by atoms with E-state index in [2.05, 4.69) is 135 Å². The van der Waals surface area contributed by atoms with Crippen molar-refractivity contribution in [3.63, 3.8) is 0 Å². The van der Waals surface area contributed by atoms with Gasteiger partial charge in [0, 0.05) is 57.9 Å². The van der Waals surface area contributed by atoms with Crippen molar-refractivity contribution in [3.8, 4) is 22.3 Å². The number of Topliss-reactive ketones (excluding diaryl/α,β-unsaturated/α-hetero) is 2. The van der Waals surface area contributed by atoms with Crippen molar-refractivity contribution in [2.75, 3.05) is 0 Å². The van der Waals surface area contributed by atoms with Crippen LogP contribution in [0.4, 0.5) is 0 Å². The van der Waals surface area contributed by atoms with Crippen molar-refractivity contribution in [2.24, 2.45) is 0 Å². The van der Waals surface area contributed by atoms with Crippen LogP contribution < -0.4 is 31.5 Å². The van der Waals surface area contributed by atoms with Crippen LogP contribution in [0.5, 0.6) is 0 Å². The number of carbonyl (C=O) groups excluding carboxylic acids is 2. The third-order valence-electron chi connectivity index (χ3n) is 13.3. The van der Waals surface area contributed by atoms with Crippen molar-refractivity contribution in [2.45, 2.75) is 37.8 Å². The zero-order valence-corrected chi connectivity index (χ0v) is 39.6. The molecular weight excluding hydrogens is 947 g/mol. The van der Waals surface area contributed by atoms with Crippen LogP contribution in [0.3, 0.4) is 0 Å². The number of rotatable bonds is 8. The Hall–Kier alpha value is -7.31. The topological polar surface area (TPSA) is 99.1 Å². The number of nitroso groups, excluding NO2 is 1. The Bertz CT molecular complexity index is 3300. The molecule has 335 valence electrons. The second-order valence-electron chi connectivity index (χ2n) is 17.1. The summed E-state index contributed by atoms with van der Waals surface area (Å²) in [6.45, 7) is 0. The molecule has 1 fully saturated rings. The van der Waals surface area contributed by atoms with Crippen LogP contribution in [-0.4, -0.2) is 23.7 Å². The van der Waals surface area contributed by atoms with Crippen LogP contribution in [0.15, 0.2) is 206 Å². The molecule has 6 nitrogen and oxygen atoms in total. The summed E-state index contributed by atoms with van der Waals surface area (Å²) in [5.74, 6) is -0.00998. The van der Waals surface area contributed by atoms with Gasteiger partial charge in [-0.3, -0.25) is 9.59 Å². The molecule has 0 amide bonds. The van der Waals surface area contributed by atoms with Gasteiger partial charge in [0.05, 0.1) is 0 Å². The minimum atomic E-state index is -0.00499. The first-order valence-electron chi connectivity index (χ1n) is 22.7. The molecule has 1 saturated carbocycles. The molecule has 8 aromatic carbocycles. The fraction of sp³-hybridized carbons (Fsp3) is 0.100. The summed E-state index contributed by atoms with van der Waals surface area (Å²) in [7, 11) is 4.57. The molecular formula is C60H47ClN3O3Ru. The van der Waals surface area contributed by atoms with Gasteiger partial charge < -0.3 is 10.6 Å². The molecule has 0 bridgehead atoms. The Morgan fingerprint density at radius 2 is 0.824 bits per heavy atom. The van der Waals surface area contributed by atoms with Gasteiger partial charge in [0.1, 0.15) is 0 Å². The molecule has 8 aromatic rings. The van der Waals surface area contributed by atoms with Crippen molar-refractivity contribution in [3.05, 3.63) is 242 Å². The van der Waals surface area contributed by atoms with E-state index in [1.165, 1.54) is 0 Å². The summed E-state index contributed by atoms with van der Waals surface area (Å²) in [5.41, 5.74) is 13.3. The number of hydrogen-bond donors (Lipinski definition) is 3. The second-order valence-corrected chi connectivity index (χ2v) is 17.1. The van der Waals surface area contributed by atoms with Gasteiger partial charge >= 0.3 is 27.0 Å². The van der Waals surface area contributed by atoms with E-state index in [0.717, 1.165) is 101 Å². The second kappa shape index (κ2) is 21.1. The molecule has 0 unspecified atom stereocenters. The van der Waals surface area contributed by atoms with Crippen LogP contribution in [0.1, 0.15) is 36.8 Å². The van der Waals surface area contributed by atoms with E-state index in [1.54, 1.807) is 0 Å². The monoisotopic (exact) mass is 994 g/mol. The Kier molecular flexibility index (Phi) is 14.2. The minimum absolute atomic E-state index is 0.00499. The van der Waals surface area contributed by atoms with Crippen LogP contribution in [0.25, 0.3) is 67.1 Å². The Morgan fingerprint density at radius 1 is 0.456 bits per heavy atom. The number of nitrogens with one attached hydrogen (secondary N) is 3. The molecule has 68 heavy (non-hydrogen) atoms. The zero-order chi connectivity index (χ0) is 47.0. The fourth-order valence-corrected chi connectivity index (χ4v) is 10.1. The molecule has 3 aliphatic carbocycles. The Morgan fingerprint density at radius 3 is 1.25 bits per heavy atom. The molecule has 2 atom stereocenters. The first kappa shape index (κ1) is 45.8. The molecule has 0 heterocycles. The molecule has 0 aromatic heterocycles. The number of benzene rings is 8. The van der Waals surface area contributed by atoms with Crippen LogP contribution >= 0.6 is 9.69 Å². The summed E-state index contributed by atoms with van der Waals surface area (Å²) >= 11 is 1.82. The third-order valence-corrected chi connectivity index (χ3v) is 13.3. The first-order chi connectivity index (χ1) is 33.6. The first-order valence-corrected chi connectivity index (χ1v) is 25.0. The summed E-state index contributed by atoms with van der Waals surface area (Å²) in [4.78, 5) is 37.6. The van der Waals surface area contributed by atoms with E-state index < -0.39 is 0 Å². The zero-order valence-electron chi connectivity index (χ0n) is 37.1. The third kappa shape index (κ3) is 8.96. The standard InChI is InChI=1S/C60H46N2O2.ClH.HNO.Ru/c63-59-45(35-43-23-9-13-27-49(43)57(59)55-47-25-11-7-21-41(47)31-33-51(55)39-17-3-1-4-18-39)37-61-53-29-15-16-30-54(53)62-38-46-36-44-24-10-14-28-50(44)58(60(46)64)56-48-26-12-8-22-42(48)32-34-52(56)40-19-5-2-6-20-40;;1-2;/h1-14,17-28,31-38,53-54,61-62H,15-16,29-30H2;1H;1H;/q;;;+1/p-1/b45-37-,46-38-;;;/t53-,54-;;;/m1.../s1. The number of hydrogen-bond acceptors (Lipinski definition) is 6. The van der Waals surface area contributed by atoms with Crippen molar-refractivity contribution < 1.29 is 26.9 Å². The number of carbonyl (C=O) groups is 2. The molecule has 0 aliphatic heterocycles. The van der Waals surface area contributed by atoms with Gasteiger partial charge in [0.15, 0.2) is 11.6 Å². The number of fused-ring (bicyclic) bond motifs is 4. The fourth-order valence-electron chi connectivity index (χ4n) is 10.1. The number of allylic oxidation sites excluding steroid dienone is 2. The molecule has 0 saturated heterocycles. The van der Waals surface area contributed by atoms with Gasteiger partial charge in [-0.15, -0.1) is 0 Å². The van der Waals surface area contributed by atoms with E-state index in [1.807, 2.05) is 115 Å². The Balaban J connectivity index is 0.00000141. The molecule has 11 rings (SSSR count). The van der Waals surface area contributed by atoms with E-state index in [4.69, 9.17) is 4.91 Å². The summed E-state index contributed by atoms with van der Waals surface area (Å²) in [5, 5.41) is 15.7. The van der Waals surface area contributed by atoms with Crippen molar-refractivity contribution >= 4 is 66.1 Å².